The number of ether oxygens (including phenoxy) is 3. The van der Waals surface area contributed by atoms with Crippen molar-refractivity contribution in [2.24, 2.45) is 11.5 Å². The number of hydrogen-bond donors (Lipinski definition) is 8. The lowest BCUT2D eigenvalue weighted by molar-refractivity contribution is -0.130. The van der Waals surface area contributed by atoms with Gasteiger partial charge >= 0.3 is 0 Å². The number of rotatable bonds is 38. The third-order valence-corrected chi connectivity index (χ3v) is 8.09. The van der Waals surface area contributed by atoms with Crippen molar-refractivity contribution in [1.29, 1.82) is 0 Å². The minimum atomic E-state index is -1.12. The number of amides is 5. The molecule has 0 aromatic rings. The summed E-state index contributed by atoms with van der Waals surface area (Å²) in [6.45, 7) is 4.03. The van der Waals surface area contributed by atoms with E-state index in [-0.39, 0.29) is 88.4 Å². The Labute approximate surface area is 312 Å². The highest BCUT2D eigenvalue weighted by Crippen LogP contribution is 2.14. The van der Waals surface area contributed by atoms with E-state index < -0.39 is 5.54 Å². The molecule has 0 heterocycles. The molecule has 0 radical (unpaired) electrons. The molecule has 304 valence electrons. The van der Waals surface area contributed by atoms with Gasteiger partial charge in [-0.2, -0.15) is 0 Å². The molecule has 0 bridgehead atoms. The molecule has 0 fully saturated rings. The zero-order chi connectivity index (χ0) is 38.5. The first-order chi connectivity index (χ1) is 25.2. The van der Waals surface area contributed by atoms with Crippen molar-refractivity contribution in [3.8, 4) is 0 Å². The summed E-state index contributed by atoms with van der Waals surface area (Å²) in [7, 11) is 3.71. The van der Waals surface area contributed by atoms with Crippen LogP contribution in [0.5, 0.6) is 0 Å². The van der Waals surface area contributed by atoms with Crippen LogP contribution in [0.3, 0.4) is 0 Å². The van der Waals surface area contributed by atoms with Gasteiger partial charge in [-0.1, -0.05) is 38.5 Å². The van der Waals surface area contributed by atoms with Crippen LogP contribution in [0.4, 0.5) is 0 Å². The molecule has 0 aromatic heterocycles. The van der Waals surface area contributed by atoms with Crippen molar-refractivity contribution in [2.75, 3.05) is 93.0 Å². The van der Waals surface area contributed by atoms with E-state index >= 15 is 0 Å². The van der Waals surface area contributed by atoms with Crippen LogP contribution in [0, 0.1) is 0 Å². The molecule has 0 spiro atoms. The smallest absolute Gasteiger partial charge is 0.222 e. The number of unbranched alkanes of at least 4 members (excludes halogenated alkanes) is 7. The Hall–Kier alpha value is -2.89. The van der Waals surface area contributed by atoms with E-state index in [2.05, 4.69) is 31.9 Å². The first-order valence-electron chi connectivity index (χ1n) is 19.3. The molecule has 5 amide bonds. The summed E-state index contributed by atoms with van der Waals surface area (Å²) in [6, 6.07) is 0. The first-order valence-corrected chi connectivity index (χ1v) is 19.3. The van der Waals surface area contributed by atoms with Gasteiger partial charge in [-0.3, -0.25) is 24.0 Å². The van der Waals surface area contributed by atoms with Gasteiger partial charge in [0, 0.05) is 51.7 Å². The number of carbonyl (C=O) groups excluding carboxylic acids is 5. The lowest BCUT2D eigenvalue weighted by Crippen LogP contribution is -2.58. The quantitative estimate of drug-likeness (QED) is 0.0402. The Kier molecular flexibility index (Phi) is 33.2. The summed E-state index contributed by atoms with van der Waals surface area (Å²) in [6.07, 6.45) is 11.1. The molecule has 0 aromatic carbocycles. The van der Waals surface area contributed by atoms with Gasteiger partial charge in [0.05, 0.1) is 39.6 Å². The Morgan fingerprint density at radius 2 is 0.865 bits per heavy atom. The standard InChI is InChI=1S/C36H72N8O8/c1-39-20-12-23-42-33(47)17-26-51-29-36(28-50-25-16-32(46)41-22-11-19-37,30-52-27-18-34(48)43-24-13-21-40-2)44-35(49)15-10-8-6-4-3-5-7-9-14-31(38)45/h39-40H,3-30,37H2,1-2H3,(H2,38,45)(H,41,46)(H,42,47)(H,43,48)(H,44,49). The molecule has 0 aliphatic heterocycles. The topological polar surface area (TPSA) is 237 Å². The molecule has 16 heteroatoms. The van der Waals surface area contributed by atoms with E-state index in [1.54, 1.807) is 0 Å². The number of nitrogens with one attached hydrogen (secondary N) is 6. The Bertz CT molecular complexity index is 912. The second-order valence-corrected chi connectivity index (χ2v) is 13.1. The Balaban J connectivity index is 5.31. The van der Waals surface area contributed by atoms with Crippen LogP contribution in [-0.4, -0.2) is 128 Å². The number of hydrogen-bond acceptors (Lipinski definition) is 11. The molecule has 0 saturated heterocycles. The van der Waals surface area contributed by atoms with Crippen LogP contribution in [-0.2, 0) is 38.2 Å². The lowest BCUT2D eigenvalue weighted by Gasteiger charge is -2.34. The molecule has 16 nitrogen and oxygen atoms in total. The number of primary amides is 1. The van der Waals surface area contributed by atoms with Gasteiger partial charge < -0.3 is 57.6 Å². The first kappa shape index (κ1) is 49.1. The molecule has 0 saturated carbocycles. The van der Waals surface area contributed by atoms with E-state index in [0.717, 1.165) is 70.9 Å². The van der Waals surface area contributed by atoms with Crippen LogP contribution in [0.15, 0.2) is 0 Å². The third kappa shape index (κ3) is 31.8. The van der Waals surface area contributed by atoms with Gasteiger partial charge in [-0.15, -0.1) is 0 Å². The zero-order valence-corrected chi connectivity index (χ0v) is 32.2. The van der Waals surface area contributed by atoms with Gasteiger partial charge in [0.25, 0.3) is 0 Å². The van der Waals surface area contributed by atoms with E-state index in [0.29, 0.717) is 51.9 Å². The summed E-state index contributed by atoms with van der Waals surface area (Å²) in [5.41, 5.74) is 9.58. The van der Waals surface area contributed by atoms with Gasteiger partial charge in [0.1, 0.15) is 5.54 Å². The molecule has 10 N–H and O–H groups in total. The molecule has 0 aliphatic carbocycles. The average Bonchev–Trinajstić information content (AvgIpc) is 3.11. The fourth-order valence-electron chi connectivity index (χ4n) is 5.12. The van der Waals surface area contributed by atoms with Crippen LogP contribution in [0.2, 0.25) is 0 Å². The normalized spacial score (nSPS) is 11.3. The molecular formula is C36H72N8O8. The van der Waals surface area contributed by atoms with Crippen molar-refractivity contribution >= 4 is 29.5 Å². The number of carbonyl (C=O) groups is 5. The monoisotopic (exact) mass is 745 g/mol. The highest BCUT2D eigenvalue weighted by Gasteiger charge is 2.34. The summed E-state index contributed by atoms with van der Waals surface area (Å²) < 4.78 is 17.9. The fourth-order valence-corrected chi connectivity index (χ4v) is 5.12. The van der Waals surface area contributed by atoms with Gasteiger partial charge in [0.2, 0.25) is 29.5 Å². The van der Waals surface area contributed by atoms with Crippen molar-refractivity contribution in [3.63, 3.8) is 0 Å². The maximum atomic E-state index is 13.3. The fraction of sp³-hybridized carbons (Fsp3) is 0.861. The molecule has 0 aliphatic rings. The predicted molar refractivity (Wildman–Crippen MR) is 202 cm³/mol. The highest BCUT2D eigenvalue weighted by molar-refractivity contribution is 5.77. The summed E-state index contributed by atoms with van der Waals surface area (Å²) >= 11 is 0. The molecular weight excluding hydrogens is 672 g/mol. The van der Waals surface area contributed by atoms with Crippen molar-refractivity contribution in [2.45, 2.75) is 108 Å². The average molecular weight is 745 g/mol. The SMILES string of the molecule is CNCCCNC(=O)CCOCC(COCCC(=O)NCCCN)(COCCC(=O)NCCCNC)NC(=O)CCCCCCCCCCC(N)=O. The van der Waals surface area contributed by atoms with Crippen LogP contribution in [0.1, 0.15) is 103 Å². The van der Waals surface area contributed by atoms with E-state index in [9.17, 15) is 24.0 Å². The van der Waals surface area contributed by atoms with Crippen molar-refractivity contribution < 1.29 is 38.2 Å². The van der Waals surface area contributed by atoms with Crippen molar-refractivity contribution in [3.05, 3.63) is 0 Å². The minimum absolute atomic E-state index is 0.000435. The van der Waals surface area contributed by atoms with Gasteiger partial charge in [-0.05, 0) is 65.8 Å². The predicted octanol–water partition coefficient (Wildman–Crippen LogP) is 0.364. The maximum absolute atomic E-state index is 13.3. The Morgan fingerprint density at radius 3 is 1.25 bits per heavy atom. The third-order valence-electron chi connectivity index (χ3n) is 8.09. The number of nitrogens with two attached hydrogens (primary N) is 2. The van der Waals surface area contributed by atoms with E-state index in [1.807, 2.05) is 14.1 Å². The maximum Gasteiger partial charge on any atom is 0.222 e. The van der Waals surface area contributed by atoms with Crippen LogP contribution < -0.4 is 43.4 Å². The van der Waals surface area contributed by atoms with Gasteiger partial charge in [0.15, 0.2) is 0 Å². The second-order valence-electron chi connectivity index (χ2n) is 13.1. The lowest BCUT2D eigenvalue weighted by atomic mass is 10.0. The van der Waals surface area contributed by atoms with Crippen molar-refractivity contribution in [1.82, 2.24) is 31.9 Å². The zero-order valence-electron chi connectivity index (χ0n) is 32.2. The molecule has 0 atom stereocenters. The van der Waals surface area contributed by atoms with E-state index in [1.165, 1.54) is 0 Å². The van der Waals surface area contributed by atoms with E-state index in [4.69, 9.17) is 25.7 Å². The minimum Gasteiger partial charge on any atom is -0.378 e. The molecule has 52 heavy (non-hydrogen) atoms. The summed E-state index contributed by atoms with van der Waals surface area (Å²) in [4.78, 5) is 61.0. The second kappa shape index (κ2) is 35.2. The summed E-state index contributed by atoms with van der Waals surface area (Å²) in [5, 5.41) is 17.7. The van der Waals surface area contributed by atoms with Crippen LogP contribution in [0.25, 0.3) is 0 Å². The Morgan fingerprint density at radius 1 is 0.481 bits per heavy atom. The molecule has 0 rings (SSSR count). The highest BCUT2D eigenvalue weighted by atomic mass is 16.5. The largest absolute Gasteiger partial charge is 0.378 e. The van der Waals surface area contributed by atoms with Gasteiger partial charge in [-0.25, -0.2) is 0 Å². The molecule has 0 unspecified atom stereocenters. The van der Waals surface area contributed by atoms with Crippen LogP contribution >= 0.6 is 0 Å². The summed E-state index contributed by atoms with van der Waals surface area (Å²) in [5.74, 6) is -0.879.